The third-order valence-electron chi connectivity index (χ3n) is 4.97. The average molecular weight is 512 g/mol. The number of aromatic amines is 1. The number of nitrogens with one attached hydrogen (secondary N) is 2. The van der Waals surface area contributed by atoms with Crippen LogP contribution < -0.4 is 21.5 Å². The Morgan fingerprint density at radius 1 is 1.11 bits per heavy atom. The van der Waals surface area contributed by atoms with Gasteiger partial charge in [0.1, 0.15) is 17.4 Å². The smallest absolute Gasteiger partial charge is 0.416 e. The number of nitrogens with zero attached hydrogens (tertiary/aromatic N) is 1. The Labute approximate surface area is 198 Å². The van der Waals surface area contributed by atoms with E-state index in [4.69, 9.17) is 27.8 Å². The van der Waals surface area contributed by atoms with Crippen LogP contribution in [0.3, 0.4) is 0 Å². The van der Waals surface area contributed by atoms with E-state index in [0.29, 0.717) is 23.2 Å². The second-order valence-corrected chi connectivity index (χ2v) is 7.74. The SMILES string of the molecule is NCc1cc(NC(=O)c2cc(F)cc(C(F)(F)F)c2)c(Oc2cc(F)ccc2Cl)c2c(N)n[nH]c12. The van der Waals surface area contributed by atoms with Crippen LogP contribution in [0.2, 0.25) is 5.02 Å². The first kappa shape index (κ1) is 24.2. The fourth-order valence-electron chi connectivity index (χ4n) is 3.37. The topological polar surface area (TPSA) is 119 Å². The minimum atomic E-state index is -4.88. The van der Waals surface area contributed by atoms with Crippen molar-refractivity contribution in [3.05, 3.63) is 75.8 Å². The molecular formula is C22H15ClF5N5O2. The van der Waals surface area contributed by atoms with Crippen molar-refractivity contribution in [1.29, 1.82) is 0 Å². The number of nitrogen functional groups attached to an aromatic ring is 1. The van der Waals surface area contributed by atoms with Gasteiger partial charge in [0.2, 0.25) is 0 Å². The van der Waals surface area contributed by atoms with Crippen LogP contribution in [0, 0.1) is 11.6 Å². The monoisotopic (exact) mass is 511 g/mol. The Hall–Kier alpha value is -3.90. The molecule has 4 aromatic rings. The van der Waals surface area contributed by atoms with Gasteiger partial charge in [-0.3, -0.25) is 9.89 Å². The highest BCUT2D eigenvalue weighted by Crippen LogP contribution is 2.43. The first-order chi connectivity index (χ1) is 16.5. The summed E-state index contributed by atoms with van der Waals surface area (Å²) in [7, 11) is 0. The zero-order valence-corrected chi connectivity index (χ0v) is 18.2. The van der Waals surface area contributed by atoms with Crippen molar-refractivity contribution in [2.45, 2.75) is 12.7 Å². The maximum atomic E-state index is 13.8. The molecule has 35 heavy (non-hydrogen) atoms. The minimum absolute atomic E-state index is 0.0155. The summed E-state index contributed by atoms with van der Waals surface area (Å²) >= 11 is 6.10. The highest BCUT2D eigenvalue weighted by Gasteiger charge is 2.32. The van der Waals surface area contributed by atoms with Gasteiger partial charge in [-0.05, 0) is 42.0 Å². The molecule has 0 aliphatic rings. The Balaban J connectivity index is 1.85. The predicted octanol–water partition coefficient (Wildman–Crippen LogP) is 5.60. The van der Waals surface area contributed by atoms with Gasteiger partial charge in [-0.1, -0.05) is 11.6 Å². The molecule has 0 saturated heterocycles. The van der Waals surface area contributed by atoms with Gasteiger partial charge in [0.25, 0.3) is 5.91 Å². The van der Waals surface area contributed by atoms with Gasteiger partial charge in [-0.25, -0.2) is 8.78 Å². The van der Waals surface area contributed by atoms with Gasteiger partial charge in [-0.2, -0.15) is 18.3 Å². The summed E-state index contributed by atoms with van der Waals surface area (Å²) in [5, 5.41) is 9.12. The Morgan fingerprint density at radius 3 is 2.54 bits per heavy atom. The lowest BCUT2D eigenvalue weighted by atomic mass is 10.1. The van der Waals surface area contributed by atoms with E-state index in [0.717, 1.165) is 12.1 Å². The maximum absolute atomic E-state index is 13.8. The zero-order valence-electron chi connectivity index (χ0n) is 17.4. The van der Waals surface area contributed by atoms with E-state index in [2.05, 4.69) is 15.5 Å². The lowest BCUT2D eigenvalue weighted by molar-refractivity contribution is -0.137. The van der Waals surface area contributed by atoms with Crippen molar-refractivity contribution in [1.82, 2.24) is 10.2 Å². The number of ether oxygens (including phenoxy) is 1. The molecule has 0 bridgehead atoms. The molecule has 0 aliphatic carbocycles. The second-order valence-electron chi connectivity index (χ2n) is 7.33. The molecule has 1 heterocycles. The summed E-state index contributed by atoms with van der Waals surface area (Å²) in [6.07, 6.45) is -4.88. The Kier molecular flexibility index (Phi) is 6.26. The number of nitrogens with two attached hydrogens (primary N) is 2. The molecule has 0 fully saturated rings. The predicted molar refractivity (Wildman–Crippen MR) is 119 cm³/mol. The van der Waals surface area contributed by atoms with Crippen LogP contribution in [0.25, 0.3) is 10.9 Å². The molecular weight excluding hydrogens is 497 g/mol. The summed E-state index contributed by atoms with van der Waals surface area (Å²) in [6.45, 7) is -0.0554. The lowest BCUT2D eigenvalue weighted by Gasteiger charge is -2.17. The van der Waals surface area contributed by atoms with Gasteiger partial charge in [-0.15, -0.1) is 0 Å². The average Bonchev–Trinajstić information content (AvgIpc) is 3.18. The number of hydrogen-bond donors (Lipinski definition) is 4. The van der Waals surface area contributed by atoms with E-state index in [-0.39, 0.29) is 46.0 Å². The number of rotatable bonds is 5. The van der Waals surface area contributed by atoms with Gasteiger partial charge >= 0.3 is 6.18 Å². The van der Waals surface area contributed by atoms with Crippen molar-refractivity contribution in [3.8, 4) is 11.5 Å². The number of H-pyrrole nitrogens is 1. The number of amides is 1. The molecule has 1 amide bonds. The molecule has 0 aliphatic heterocycles. The molecule has 182 valence electrons. The fourth-order valence-corrected chi connectivity index (χ4v) is 3.53. The van der Waals surface area contributed by atoms with E-state index >= 15 is 0 Å². The molecule has 0 spiro atoms. The van der Waals surface area contributed by atoms with E-state index in [9.17, 15) is 26.7 Å². The van der Waals surface area contributed by atoms with Gasteiger partial charge in [0.05, 0.1) is 27.2 Å². The zero-order chi connectivity index (χ0) is 25.5. The van der Waals surface area contributed by atoms with Crippen LogP contribution in [0.5, 0.6) is 11.5 Å². The molecule has 1 aromatic heterocycles. The van der Waals surface area contributed by atoms with Gasteiger partial charge < -0.3 is 21.5 Å². The Bertz CT molecular complexity index is 1450. The molecule has 7 nitrogen and oxygen atoms in total. The fraction of sp³-hybridized carbons (Fsp3) is 0.0909. The number of benzene rings is 3. The summed E-state index contributed by atoms with van der Waals surface area (Å²) in [6, 6.07) is 6.08. The molecule has 0 saturated carbocycles. The second kappa shape index (κ2) is 9.04. The quantitative estimate of drug-likeness (QED) is 0.260. The Morgan fingerprint density at radius 2 is 1.86 bits per heavy atom. The van der Waals surface area contributed by atoms with Crippen molar-refractivity contribution in [2.75, 3.05) is 11.1 Å². The van der Waals surface area contributed by atoms with Gasteiger partial charge in [0.15, 0.2) is 11.6 Å². The number of fused-ring (bicyclic) bond motifs is 1. The molecule has 13 heteroatoms. The van der Waals surface area contributed by atoms with Crippen LogP contribution in [0.4, 0.5) is 33.5 Å². The normalized spacial score (nSPS) is 11.6. The van der Waals surface area contributed by atoms with Crippen molar-refractivity contribution in [3.63, 3.8) is 0 Å². The standard InChI is InChI=1S/C22H15ClF5N5O2/c23-14-2-1-12(24)7-16(14)35-19-15(5-10(8-29)18-17(19)20(30)33-32-18)31-21(34)9-3-11(22(26,27)28)6-13(25)4-9/h1-7H,8,29H2,(H,31,34)(H3,30,32,33). The number of carbonyl (C=O) groups excluding carboxylic acids is 1. The van der Waals surface area contributed by atoms with Crippen LogP contribution >= 0.6 is 11.6 Å². The van der Waals surface area contributed by atoms with Crippen LogP contribution in [-0.2, 0) is 12.7 Å². The molecule has 0 atom stereocenters. The van der Waals surface area contributed by atoms with Crippen LogP contribution in [0.1, 0.15) is 21.5 Å². The van der Waals surface area contributed by atoms with Crippen LogP contribution in [0.15, 0.2) is 42.5 Å². The summed E-state index contributed by atoms with van der Waals surface area (Å²) < 4.78 is 72.7. The minimum Gasteiger partial charge on any atom is -0.453 e. The first-order valence-corrected chi connectivity index (χ1v) is 10.2. The highest BCUT2D eigenvalue weighted by atomic mass is 35.5. The van der Waals surface area contributed by atoms with E-state index in [1.165, 1.54) is 12.1 Å². The number of aromatic nitrogens is 2. The van der Waals surface area contributed by atoms with Crippen molar-refractivity contribution >= 4 is 39.9 Å². The molecule has 3 aromatic carbocycles. The molecule has 0 unspecified atom stereocenters. The highest BCUT2D eigenvalue weighted by molar-refractivity contribution is 6.32. The van der Waals surface area contributed by atoms with Crippen molar-refractivity contribution in [2.24, 2.45) is 5.73 Å². The number of hydrogen-bond acceptors (Lipinski definition) is 5. The van der Waals surface area contributed by atoms with E-state index in [1.54, 1.807) is 0 Å². The maximum Gasteiger partial charge on any atom is 0.416 e. The number of halogens is 6. The van der Waals surface area contributed by atoms with E-state index < -0.39 is 34.8 Å². The molecule has 0 radical (unpaired) electrons. The van der Waals surface area contributed by atoms with Crippen molar-refractivity contribution < 1.29 is 31.5 Å². The first-order valence-electron chi connectivity index (χ1n) is 9.79. The summed E-state index contributed by atoms with van der Waals surface area (Å²) in [5.41, 5.74) is 10.4. The largest absolute Gasteiger partial charge is 0.453 e. The van der Waals surface area contributed by atoms with Crippen LogP contribution in [-0.4, -0.2) is 16.1 Å². The van der Waals surface area contributed by atoms with E-state index in [1.807, 2.05) is 0 Å². The molecule has 6 N–H and O–H groups in total. The number of carbonyl (C=O) groups is 1. The molecule has 4 rings (SSSR count). The van der Waals surface area contributed by atoms with Gasteiger partial charge in [0, 0.05) is 18.2 Å². The summed E-state index contributed by atoms with van der Waals surface area (Å²) in [5.74, 6) is -3.38. The number of anilines is 2. The lowest BCUT2D eigenvalue weighted by Crippen LogP contribution is -2.16. The number of alkyl halides is 3. The third-order valence-corrected chi connectivity index (χ3v) is 5.28. The summed E-state index contributed by atoms with van der Waals surface area (Å²) in [4.78, 5) is 12.9. The third kappa shape index (κ3) is 4.84.